The first-order chi connectivity index (χ1) is 14.5. The van der Waals surface area contributed by atoms with Crippen LogP contribution < -0.4 is 10.2 Å². The second-order valence-electron chi connectivity index (χ2n) is 7.93. The molecule has 1 aliphatic rings. The van der Waals surface area contributed by atoms with Gasteiger partial charge in [-0.2, -0.15) is 0 Å². The van der Waals surface area contributed by atoms with Crippen LogP contribution in [0.1, 0.15) is 42.1 Å². The van der Waals surface area contributed by atoms with Gasteiger partial charge in [0, 0.05) is 55.9 Å². The van der Waals surface area contributed by atoms with Gasteiger partial charge in [0.05, 0.1) is 5.69 Å². The average Bonchev–Trinajstić information content (AvgIpc) is 2.96. The van der Waals surface area contributed by atoms with Crippen LogP contribution in [0.15, 0.2) is 36.8 Å². The van der Waals surface area contributed by atoms with Gasteiger partial charge in [-0.1, -0.05) is 13.0 Å². The van der Waals surface area contributed by atoms with Gasteiger partial charge in [-0.3, -0.25) is 9.20 Å². The highest BCUT2D eigenvalue weighted by Crippen LogP contribution is 2.25. The van der Waals surface area contributed by atoms with Crippen LogP contribution in [-0.2, 0) is 4.79 Å². The van der Waals surface area contributed by atoms with Crippen LogP contribution in [0.3, 0.4) is 0 Å². The monoisotopic (exact) mass is 403 g/mol. The zero-order valence-corrected chi connectivity index (χ0v) is 18.0. The van der Waals surface area contributed by atoms with Crippen molar-refractivity contribution < 1.29 is 4.79 Å². The Morgan fingerprint density at radius 2 is 2.07 bits per heavy atom. The van der Waals surface area contributed by atoms with Gasteiger partial charge in [0.2, 0.25) is 5.78 Å². The fourth-order valence-electron chi connectivity index (χ4n) is 3.88. The molecule has 3 heterocycles. The number of fused-ring (bicyclic) bond motifs is 1. The molecule has 30 heavy (non-hydrogen) atoms. The molecule has 1 fully saturated rings. The number of Topliss-reactive ketones (excluding diaryl/α,β-unsaturated/α-hetero) is 1. The molecule has 0 unspecified atom stereocenters. The number of rotatable bonds is 5. The van der Waals surface area contributed by atoms with Crippen LogP contribution in [0.4, 0.5) is 5.69 Å². The smallest absolute Gasteiger partial charge is 0.234 e. The van der Waals surface area contributed by atoms with Gasteiger partial charge in [-0.25, -0.2) is 9.97 Å². The van der Waals surface area contributed by atoms with Gasteiger partial charge in [0.25, 0.3) is 0 Å². The van der Waals surface area contributed by atoms with Crippen molar-refractivity contribution in [2.24, 2.45) is 0 Å². The Morgan fingerprint density at radius 1 is 1.20 bits per heavy atom. The molecule has 2 aromatic heterocycles. The summed E-state index contributed by atoms with van der Waals surface area (Å²) in [5.74, 6) is 0.685. The summed E-state index contributed by atoms with van der Waals surface area (Å²) in [6.45, 7) is 10.2. The van der Waals surface area contributed by atoms with Crippen molar-refractivity contribution in [2.75, 3.05) is 31.1 Å². The highest BCUT2D eigenvalue weighted by molar-refractivity contribution is 6.24. The molecule has 4 rings (SSSR count). The maximum atomic E-state index is 12.8. The number of aromatic nitrogens is 3. The van der Waals surface area contributed by atoms with Gasteiger partial charge in [0.1, 0.15) is 0 Å². The van der Waals surface area contributed by atoms with Crippen molar-refractivity contribution in [1.82, 2.24) is 19.7 Å². The third-order valence-electron chi connectivity index (χ3n) is 5.60. The number of benzene rings is 1. The molecule has 1 N–H and O–H groups in total. The van der Waals surface area contributed by atoms with Gasteiger partial charge in [0.15, 0.2) is 5.78 Å². The van der Waals surface area contributed by atoms with Crippen molar-refractivity contribution in [2.45, 2.75) is 33.6 Å². The van der Waals surface area contributed by atoms with E-state index in [0.29, 0.717) is 23.5 Å². The molecule has 3 aromatic rings. The van der Waals surface area contributed by atoms with E-state index in [1.807, 2.05) is 36.7 Å². The molecule has 1 saturated heterocycles. The first-order valence-corrected chi connectivity index (χ1v) is 10.7. The third kappa shape index (κ3) is 4.28. The summed E-state index contributed by atoms with van der Waals surface area (Å²) >= 11 is 0. The van der Waals surface area contributed by atoms with Crippen molar-refractivity contribution >= 4 is 28.9 Å². The van der Waals surface area contributed by atoms with E-state index in [2.05, 4.69) is 45.3 Å². The van der Waals surface area contributed by atoms with Crippen LogP contribution in [0.2, 0.25) is 0 Å². The molecule has 0 spiro atoms. The molecule has 0 saturated carbocycles. The third-order valence-corrected chi connectivity index (χ3v) is 5.60. The number of carbonyl (C=O) groups is 1. The number of hydrogen-bond acceptors (Lipinski definition) is 5. The molecule has 0 aliphatic carbocycles. The molecule has 0 radical (unpaired) electrons. The maximum Gasteiger partial charge on any atom is 0.234 e. The van der Waals surface area contributed by atoms with E-state index in [0.717, 1.165) is 49.3 Å². The molecule has 156 valence electrons. The fraction of sp³-hybridized carbons (Fsp3) is 0.375. The molecule has 6 nitrogen and oxygen atoms in total. The summed E-state index contributed by atoms with van der Waals surface area (Å²) in [4.78, 5) is 24.2. The Bertz CT molecular complexity index is 1090. The first-order valence-electron chi connectivity index (χ1n) is 10.7. The van der Waals surface area contributed by atoms with Crippen molar-refractivity contribution in [3.05, 3.63) is 59.2 Å². The average molecular weight is 404 g/mol. The summed E-state index contributed by atoms with van der Waals surface area (Å²) in [6, 6.07) is 6.50. The minimum Gasteiger partial charge on any atom is -0.370 e. The zero-order chi connectivity index (χ0) is 21.1. The van der Waals surface area contributed by atoms with E-state index in [9.17, 15) is 4.79 Å². The number of nitrogens with one attached hydrogen (secondary N) is 1. The lowest BCUT2D eigenvalue weighted by atomic mass is 9.99. The number of anilines is 1. The topological polar surface area (TPSA) is 62.5 Å². The van der Waals surface area contributed by atoms with E-state index < -0.39 is 0 Å². The predicted molar refractivity (Wildman–Crippen MR) is 122 cm³/mol. The van der Waals surface area contributed by atoms with Gasteiger partial charge in [-0.05, 0) is 61.7 Å². The van der Waals surface area contributed by atoms with Crippen LogP contribution in [0.25, 0.3) is 17.4 Å². The standard InChI is InChI=1S/C24H29N5O/c1-4-23(30)21(22-16-29-15-17(2)14-26-24(29)27-22)13-19-6-7-20(12-18(19)3)28-10-5-8-25-9-11-28/h6-7,12-16,25H,4-5,8-11H2,1-3H3/b21-13-. The normalized spacial score (nSPS) is 15.4. The fourth-order valence-corrected chi connectivity index (χ4v) is 3.88. The van der Waals surface area contributed by atoms with E-state index in [1.54, 1.807) is 6.20 Å². The summed E-state index contributed by atoms with van der Waals surface area (Å²) in [5.41, 5.74) is 5.80. The molecular weight excluding hydrogens is 374 g/mol. The van der Waals surface area contributed by atoms with Gasteiger partial charge >= 0.3 is 0 Å². The van der Waals surface area contributed by atoms with Crippen LogP contribution in [0, 0.1) is 13.8 Å². The Hall–Kier alpha value is -2.99. The molecule has 1 aliphatic heterocycles. The van der Waals surface area contributed by atoms with E-state index >= 15 is 0 Å². The Morgan fingerprint density at radius 3 is 2.87 bits per heavy atom. The quantitative estimate of drug-likeness (QED) is 0.659. The number of imidazole rings is 1. The lowest BCUT2D eigenvalue weighted by Crippen LogP contribution is -2.27. The number of ketones is 1. The van der Waals surface area contributed by atoms with Crippen LogP contribution in [0.5, 0.6) is 0 Å². The van der Waals surface area contributed by atoms with Crippen LogP contribution in [-0.4, -0.2) is 46.3 Å². The molecular formula is C24H29N5O. The summed E-state index contributed by atoms with van der Waals surface area (Å²) in [5, 5.41) is 3.45. The number of hydrogen-bond donors (Lipinski definition) is 1. The lowest BCUT2D eigenvalue weighted by Gasteiger charge is -2.23. The Balaban J connectivity index is 1.70. The van der Waals surface area contributed by atoms with E-state index in [-0.39, 0.29) is 5.78 Å². The highest BCUT2D eigenvalue weighted by Gasteiger charge is 2.16. The molecule has 1 aromatic carbocycles. The minimum atomic E-state index is 0.0807. The SMILES string of the molecule is CCC(=O)/C(=C\c1ccc(N2CCCNCC2)cc1C)c1cn2cc(C)cnc2n1. The van der Waals surface area contributed by atoms with Crippen LogP contribution >= 0.6 is 0 Å². The summed E-state index contributed by atoms with van der Waals surface area (Å²) in [7, 11) is 0. The summed E-state index contributed by atoms with van der Waals surface area (Å²) in [6.07, 6.45) is 9.22. The van der Waals surface area contributed by atoms with E-state index in [4.69, 9.17) is 0 Å². The number of allylic oxidation sites excluding steroid dienone is 1. The first kappa shape index (κ1) is 20.3. The number of nitrogens with zero attached hydrogens (tertiary/aromatic N) is 4. The Labute approximate surface area is 177 Å². The van der Waals surface area contributed by atoms with Gasteiger partial charge in [-0.15, -0.1) is 0 Å². The number of aryl methyl sites for hydroxylation is 2. The Kier molecular flexibility index (Phi) is 5.95. The minimum absolute atomic E-state index is 0.0807. The number of carbonyl (C=O) groups excluding carboxylic acids is 1. The predicted octanol–water partition coefficient (Wildman–Crippen LogP) is 3.67. The van der Waals surface area contributed by atoms with Crippen molar-refractivity contribution in [1.29, 1.82) is 0 Å². The molecule has 6 heteroatoms. The molecule has 0 atom stereocenters. The van der Waals surface area contributed by atoms with Gasteiger partial charge < -0.3 is 10.2 Å². The largest absolute Gasteiger partial charge is 0.370 e. The highest BCUT2D eigenvalue weighted by atomic mass is 16.1. The zero-order valence-electron chi connectivity index (χ0n) is 18.0. The van der Waals surface area contributed by atoms with Crippen molar-refractivity contribution in [3.63, 3.8) is 0 Å². The molecule has 0 bridgehead atoms. The summed E-state index contributed by atoms with van der Waals surface area (Å²) < 4.78 is 1.88. The van der Waals surface area contributed by atoms with Crippen molar-refractivity contribution in [3.8, 4) is 0 Å². The molecule has 0 amide bonds. The maximum absolute atomic E-state index is 12.8. The van der Waals surface area contributed by atoms with E-state index in [1.165, 1.54) is 5.69 Å². The second-order valence-corrected chi connectivity index (χ2v) is 7.93. The second kappa shape index (κ2) is 8.79. The lowest BCUT2D eigenvalue weighted by molar-refractivity contribution is -0.113.